The van der Waals surface area contributed by atoms with E-state index in [0.717, 1.165) is 19.3 Å². The molecule has 0 unspecified atom stereocenters. The minimum absolute atomic E-state index is 0.0164. The summed E-state index contributed by atoms with van der Waals surface area (Å²) in [5.41, 5.74) is 0.965. The van der Waals surface area contributed by atoms with E-state index in [1.807, 2.05) is 0 Å². The maximum Gasteiger partial charge on any atom is 0.255 e. The van der Waals surface area contributed by atoms with Crippen LogP contribution in [-0.2, 0) is 0 Å². The fourth-order valence-electron chi connectivity index (χ4n) is 2.05. The quantitative estimate of drug-likeness (QED) is 0.534. The average Bonchev–Trinajstić information content (AvgIpc) is 2.55. The number of benzene rings is 2. The van der Waals surface area contributed by atoms with Crippen LogP contribution in [0, 0.1) is 0 Å². The van der Waals surface area contributed by atoms with Gasteiger partial charge < -0.3 is 20.3 Å². The molecular weight excluding hydrogens is 294 g/mol. The normalized spacial score (nSPS) is 10.3. The first-order valence-electron chi connectivity index (χ1n) is 7.66. The van der Waals surface area contributed by atoms with Crippen molar-refractivity contribution in [1.82, 2.24) is 0 Å². The molecule has 0 atom stereocenters. The predicted molar refractivity (Wildman–Crippen MR) is 89.2 cm³/mol. The fourth-order valence-corrected chi connectivity index (χ4v) is 2.05. The van der Waals surface area contributed by atoms with Crippen molar-refractivity contribution in [1.29, 1.82) is 0 Å². The number of carbonyl (C=O) groups is 1. The molecule has 0 aliphatic carbocycles. The highest BCUT2D eigenvalue weighted by atomic mass is 16.5. The van der Waals surface area contributed by atoms with E-state index >= 15 is 0 Å². The molecule has 0 fully saturated rings. The lowest BCUT2D eigenvalue weighted by Crippen LogP contribution is -2.12. The number of aromatic hydroxyl groups is 2. The molecule has 5 heteroatoms. The summed E-state index contributed by atoms with van der Waals surface area (Å²) in [5, 5.41) is 21.8. The standard InChI is InChI=1S/C18H21NO4/c1-2-3-4-11-23-17-12-13(5-10-16(17)21)18(22)19-14-6-8-15(20)9-7-14/h5-10,12,20-21H,2-4,11H2,1H3,(H,19,22). The number of rotatable bonds is 7. The fraction of sp³-hybridized carbons (Fsp3) is 0.278. The molecule has 2 rings (SSSR count). The molecule has 0 saturated heterocycles. The van der Waals surface area contributed by atoms with Crippen LogP contribution < -0.4 is 10.1 Å². The van der Waals surface area contributed by atoms with Gasteiger partial charge in [0.05, 0.1) is 6.61 Å². The second-order valence-electron chi connectivity index (χ2n) is 5.24. The summed E-state index contributed by atoms with van der Waals surface area (Å²) in [4.78, 5) is 12.2. The zero-order valence-electron chi connectivity index (χ0n) is 13.1. The van der Waals surface area contributed by atoms with Gasteiger partial charge in [0.2, 0.25) is 0 Å². The van der Waals surface area contributed by atoms with E-state index in [9.17, 15) is 15.0 Å². The summed E-state index contributed by atoms with van der Waals surface area (Å²) in [5.74, 6) is 0.145. The van der Waals surface area contributed by atoms with E-state index in [-0.39, 0.29) is 17.4 Å². The van der Waals surface area contributed by atoms with Crippen LogP contribution in [0.3, 0.4) is 0 Å². The highest BCUT2D eigenvalue weighted by Crippen LogP contribution is 2.27. The topological polar surface area (TPSA) is 78.8 Å². The Hall–Kier alpha value is -2.69. The van der Waals surface area contributed by atoms with E-state index in [4.69, 9.17) is 4.74 Å². The van der Waals surface area contributed by atoms with E-state index in [1.165, 1.54) is 30.3 Å². The summed E-state index contributed by atoms with van der Waals surface area (Å²) in [6.07, 6.45) is 3.05. The minimum atomic E-state index is -0.311. The number of phenolic OH excluding ortho intramolecular Hbond substituents is 2. The number of carbonyl (C=O) groups excluding carboxylic acids is 1. The van der Waals surface area contributed by atoms with Crippen LogP contribution in [0.4, 0.5) is 5.69 Å². The molecule has 5 nitrogen and oxygen atoms in total. The van der Waals surface area contributed by atoms with Crippen molar-refractivity contribution in [2.24, 2.45) is 0 Å². The van der Waals surface area contributed by atoms with Crippen LogP contribution >= 0.6 is 0 Å². The third-order valence-electron chi connectivity index (χ3n) is 3.35. The summed E-state index contributed by atoms with van der Waals surface area (Å²) in [6.45, 7) is 2.61. The maximum absolute atomic E-state index is 12.2. The number of nitrogens with one attached hydrogen (secondary N) is 1. The van der Waals surface area contributed by atoms with Gasteiger partial charge in [-0.25, -0.2) is 0 Å². The Bertz CT molecular complexity index is 653. The number of hydrogen-bond donors (Lipinski definition) is 3. The van der Waals surface area contributed by atoms with Crippen LogP contribution in [0.25, 0.3) is 0 Å². The Morgan fingerprint density at radius 1 is 1.09 bits per heavy atom. The van der Waals surface area contributed by atoms with Crippen molar-refractivity contribution in [2.45, 2.75) is 26.2 Å². The molecule has 0 saturated carbocycles. The van der Waals surface area contributed by atoms with Crippen molar-refractivity contribution < 1.29 is 19.7 Å². The number of unbranched alkanes of at least 4 members (excludes halogenated alkanes) is 2. The Kier molecular flexibility index (Phi) is 5.86. The highest BCUT2D eigenvalue weighted by Gasteiger charge is 2.11. The number of phenols is 2. The van der Waals surface area contributed by atoms with E-state index < -0.39 is 0 Å². The SMILES string of the molecule is CCCCCOc1cc(C(=O)Nc2ccc(O)cc2)ccc1O. The van der Waals surface area contributed by atoms with Crippen molar-refractivity contribution in [3.8, 4) is 17.2 Å². The van der Waals surface area contributed by atoms with Gasteiger partial charge in [0.15, 0.2) is 11.5 Å². The molecule has 0 bridgehead atoms. The molecule has 0 radical (unpaired) electrons. The molecule has 0 aliphatic heterocycles. The van der Waals surface area contributed by atoms with Crippen molar-refractivity contribution in [2.75, 3.05) is 11.9 Å². The van der Waals surface area contributed by atoms with Gasteiger partial charge in [-0.05, 0) is 48.9 Å². The summed E-state index contributed by atoms with van der Waals surface area (Å²) < 4.78 is 5.53. The van der Waals surface area contributed by atoms with E-state index in [0.29, 0.717) is 23.6 Å². The molecule has 2 aromatic rings. The molecular formula is C18H21NO4. The van der Waals surface area contributed by atoms with Gasteiger partial charge in [0.1, 0.15) is 5.75 Å². The average molecular weight is 315 g/mol. The smallest absolute Gasteiger partial charge is 0.255 e. The van der Waals surface area contributed by atoms with E-state index in [2.05, 4.69) is 12.2 Å². The van der Waals surface area contributed by atoms with Crippen LogP contribution in [0.1, 0.15) is 36.5 Å². The zero-order valence-corrected chi connectivity index (χ0v) is 13.1. The first-order valence-corrected chi connectivity index (χ1v) is 7.66. The van der Waals surface area contributed by atoms with Crippen molar-refractivity contribution in [3.05, 3.63) is 48.0 Å². The largest absolute Gasteiger partial charge is 0.508 e. The molecule has 0 heterocycles. The molecule has 2 aromatic carbocycles. The zero-order chi connectivity index (χ0) is 16.7. The van der Waals surface area contributed by atoms with Crippen LogP contribution in [0.15, 0.2) is 42.5 Å². The van der Waals surface area contributed by atoms with Crippen LogP contribution in [0.2, 0.25) is 0 Å². The second-order valence-corrected chi connectivity index (χ2v) is 5.24. The number of ether oxygens (including phenoxy) is 1. The van der Waals surface area contributed by atoms with Gasteiger partial charge >= 0.3 is 0 Å². The predicted octanol–water partition coefficient (Wildman–Crippen LogP) is 3.92. The molecule has 23 heavy (non-hydrogen) atoms. The second kappa shape index (κ2) is 8.08. The Morgan fingerprint density at radius 3 is 2.52 bits per heavy atom. The molecule has 1 amide bonds. The third-order valence-corrected chi connectivity index (χ3v) is 3.35. The first-order chi connectivity index (χ1) is 11.1. The minimum Gasteiger partial charge on any atom is -0.508 e. The lowest BCUT2D eigenvalue weighted by molar-refractivity contribution is 0.102. The molecule has 122 valence electrons. The third kappa shape index (κ3) is 4.92. The lowest BCUT2D eigenvalue weighted by atomic mass is 10.1. The summed E-state index contributed by atoms with van der Waals surface area (Å²) in [6, 6.07) is 10.7. The number of hydrogen-bond acceptors (Lipinski definition) is 4. The van der Waals surface area contributed by atoms with Crippen molar-refractivity contribution in [3.63, 3.8) is 0 Å². The molecule has 0 spiro atoms. The number of anilines is 1. The Balaban J connectivity index is 2.03. The van der Waals surface area contributed by atoms with Gasteiger partial charge in [-0.2, -0.15) is 0 Å². The molecule has 3 N–H and O–H groups in total. The first kappa shape index (κ1) is 16.7. The molecule has 0 aliphatic rings. The summed E-state index contributed by atoms with van der Waals surface area (Å²) >= 11 is 0. The van der Waals surface area contributed by atoms with E-state index in [1.54, 1.807) is 12.1 Å². The van der Waals surface area contributed by atoms with Gasteiger partial charge in [0, 0.05) is 11.3 Å². The van der Waals surface area contributed by atoms with Gasteiger partial charge in [-0.15, -0.1) is 0 Å². The summed E-state index contributed by atoms with van der Waals surface area (Å²) in [7, 11) is 0. The van der Waals surface area contributed by atoms with Gasteiger partial charge in [-0.3, -0.25) is 4.79 Å². The van der Waals surface area contributed by atoms with Crippen LogP contribution in [0.5, 0.6) is 17.2 Å². The van der Waals surface area contributed by atoms with Gasteiger partial charge in [-0.1, -0.05) is 19.8 Å². The van der Waals surface area contributed by atoms with Gasteiger partial charge in [0.25, 0.3) is 5.91 Å². The molecule has 0 aromatic heterocycles. The van der Waals surface area contributed by atoms with Crippen LogP contribution in [-0.4, -0.2) is 22.7 Å². The van der Waals surface area contributed by atoms with Crippen molar-refractivity contribution >= 4 is 11.6 Å². The lowest BCUT2D eigenvalue weighted by Gasteiger charge is -2.10. The Morgan fingerprint density at radius 2 is 1.83 bits per heavy atom. The monoisotopic (exact) mass is 315 g/mol. The highest BCUT2D eigenvalue weighted by molar-refractivity contribution is 6.04. The Labute approximate surface area is 135 Å². The number of amides is 1. The maximum atomic E-state index is 12.2.